The van der Waals surface area contributed by atoms with Crippen LogP contribution in [-0.4, -0.2) is 55.6 Å². The standard InChI is InChI=1S/C23H34N4O3S/c1-17-15-24-23(26(17)2)27-14-13-21(25-31(3,28)29)22(27)16-30-20-11-9-19(10-12-20)18-7-5-4-6-8-18/h4-8,15,19-22,25H,9-14,16H2,1-3H3/t19-,20+,21-,22-/m0/s1. The van der Waals surface area contributed by atoms with Crippen molar-refractivity contribution in [1.29, 1.82) is 0 Å². The Hall–Kier alpha value is -1.90. The highest BCUT2D eigenvalue weighted by molar-refractivity contribution is 7.88. The van der Waals surface area contributed by atoms with Gasteiger partial charge in [0.25, 0.3) is 0 Å². The first-order valence-corrected chi connectivity index (χ1v) is 13.1. The lowest BCUT2D eigenvalue weighted by molar-refractivity contribution is 0.0155. The molecule has 170 valence electrons. The fraction of sp³-hybridized carbons (Fsp3) is 0.609. The van der Waals surface area contributed by atoms with E-state index in [0.717, 1.165) is 50.3 Å². The summed E-state index contributed by atoms with van der Waals surface area (Å²) >= 11 is 0. The van der Waals surface area contributed by atoms with Gasteiger partial charge in [-0.2, -0.15) is 0 Å². The molecule has 2 atom stereocenters. The summed E-state index contributed by atoms with van der Waals surface area (Å²) in [4.78, 5) is 6.77. The molecule has 1 N–H and O–H groups in total. The van der Waals surface area contributed by atoms with Crippen LogP contribution in [0.4, 0.5) is 5.95 Å². The normalized spacial score (nSPS) is 27.0. The number of anilines is 1. The molecule has 4 rings (SSSR count). The molecule has 0 unspecified atom stereocenters. The van der Waals surface area contributed by atoms with Crippen molar-refractivity contribution in [2.24, 2.45) is 7.05 Å². The minimum absolute atomic E-state index is 0.0675. The van der Waals surface area contributed by atoms with Gasteiger partial charge in [-0.15, -0.1) is 0 Å². The zero-order valence-corrected chi connectivity index (χ0v) is 19.5. The molecule has 0 bridgehead atoms. The molecule has 1 aromatic carbocycles. The van der Waals surface area contributed by atoms with Crippen molar-refractivity contribution in [3.8, 4) is 0 Å². The number of benzene rings is 1. The number of imidazole rings is 1. The summed E-state index contributed by atoms with van der Waals surface area (Å²) in [5.41, 5.74) is 2.50. The van der Waals surface area contributed by atoms with E-state index in [9.17, 15) is 8.42 Å². The Labute approximate surface area is 185 Å². The van der Waals surface area contributed by atoms with Crippen LogP contribution in [0.3, 0.4) is 0 Å². The SMILES string of the molecule is Cc1cnc(N2CC[C@H](NS(C)(=O)=O)[C@@H]2CO[C@H]2CC[C@@H](c3ccccc3)CC2)n1C. The largest absolute Gasteiger partial charge is 0.376 e. The predicted molar refractivity (Wildman–Crippen MR) is 123 cm³/mol. The first-order chi connectivity index (χ1) is 14.8. The van der Waals surface area contributed by atoms with Crippen LogP contribution in [0.15, 0.2) is 36.5 Å². The molecule has 31 heavy (non-hydrogen) atoms. The van der Waals surface area contributed by atoms with Crippen LogP contribution in [-0.2, 0) is 21.8 Å². The molecule has 7 nitrogen and oxygen atoms in total. The Bertz CT molecular complexity index is 968. The smallest absolute Gasteiger partial charge is 0.209 e. The second-order valence-corrected chi connectivity index (χ2v) is 10.8. The Balaban J connectivity index is 1.40. The van der Waals surface area contributed by atoms with Gasteiger partial charge >= 0.3 is 0 Å². The van der Waals surface area contributed by atoms with Crippen molar-refractivity contribution in [2.45, 2.75) is 63.1 Å². The monoisotopic (exact) mass is 446 g/mol. The first kappa shape index (κ1) is 22.3. The number of ether oxygens (including phenoxy) is 1. The van der Waals surface area contributed by atoms with Gasteiger partial charge in [-0.25, -0.2) is 18.1 Å². The molecule has 2 aromatic rings. The van der Waals surface area contributed by atoms with E-state index in [1.807, 2.05) is 20.2 Å². The highest BCUT2D eigenvalue weighted by atomic mass is 32.2. The molecular formula is C23H34N4O3S. The fourth-order valence-corrected chi connectivity index (χ4v) is 5.82. The van der Waals surface area contributed by atoms with Crippen LogP contribution in [0, 0.1) is 6.92 Å². The van der Waals surface area contributed by atoms with E-state index < -0.39 is 10.0 Å². The van der Waals surface area contributed by atoms with E-state index in [1.165, 1.54) is 11.8 Å². The van der Waals surface area contributed by atoms with Gasteiger partial charge in [0.05, 0.1) is 31.2 Å². The van der Waals surface area contributed by atoms with Crippen LogP contribution in [0.25, 0.3) is 0 Å². The number of nitrogens with one attached hydrogen (secondary N) is 1. The Kier molecular flexibility index (Phi) is 6.69. The summed E-state index contributed by atoms with van der Waals surface area (Å²) in [6, 6.07) is 10.5. The number of hydrogen-bond donors (Lipinski definition) is 1. The van der Waals surface area contributed by atoms with Crippen molar-refractivity contribution in [2.75, 3.05) is 24.3 Å². The molecule has 1 aromatic heterocycles. The summed E-state index contributed by atoms with van der Waals surface area (Å²) < 4.78 is 35.1. The lowest BCUT2D eigenvalue weighted by Crippen LogP contribution is -2.48. The van der Waals surface area contributed by atoms with Gasteiger partial charge in [0.15, 0.2) is 0 Å². The second kappa shape index (κ2) is 9.30. The van der Waals surface area contributed by atoms with Crippen LogP contribution >= 0.6 is 0 Å². The Morgan fingerprint density at radius 2 is 1.84 bits per heavy atom. The minimum atomic E-state index is -3.29. The van der Waals surface area contributed by atoms with Gasteiger partial charge in [-0.1, -0.05) is 30.3 Å². The van der Waals surface area contributed by atoms with E-state index in [4.69, 9.17) is 4.74 Å². The third-order valence-corrected chi connectivity index (χ3v) is 7.54. The summed E-state index contributed by atoms with van der Waals surface area (Å²) in [7, 11) is -1.29. The molecular weight excluding hydrogens is 412 g/mol. The summed E-state index contributed by atoms with van der Waals surface area (Å²) in [6.07, 6.45) is 8.39. The molecule has 2 fully saturated rings. The van der Waals surface area contributed by atoms with Crippen molar-refractivity contribution >= 4 is 16.0 Å². The van der Waals surface area contributed by atoms with E-state index in [0.29, 0.717) is 12.5 Å². The maximum absolute atomic E-state index is 11.9. The summed E-state index contributed by atoms with van der Waals surface area (Å²) in [6.45, 7) is 3.28. The minimum Gasteiger partial charge on any atom is -0.376 e. The summed E-state index contributed by atoms with van der Waals surface area (Å²) in [5, 5.41) is 0. The topological polar surface area (TPSA) is 76.5 Å². The van der Waals surface area contributed by atoms with Gasteiger partial charge in [-0.3, -0.25) is 0 Å². The van der Waals surface area contributed by atoms with Crippen molar-refractivity contribution < 1.29 is 13.2 Å². The van der Waals surface area contributed by atoms with Crippen molar-refractivity contribution in [1.82, 2.24) is 14.3 Å². The quantitative estimate of drug-likeness (QED) is 0.708. The van der Waals surface area contributed by atoms with Gasteiger partial charge in [0.2, 0.25) is 16.0 Å². The Morgan fingerprint density at radius 3 is 2.45 bits per heavy atom. The highest BCUT2D eigenvalue weighted by Crippen LogP contribution is 2.34. The number of sulfonamides is 1. The number of rotatable bonds is 7. The molecule has 2 aliphatic rings. The maximum Gasteiger partial charge on any atom is 0.209 e. The Morgan fingerprint density at radius 1 is 1.13 bits per heavy atom. The fourth-order valence-electron chi connectivity index (χ4n) is 4.99. The average Bonchev–Trinajstić information content (AvgIpc) is 3.28. The highest BCUT2D eigenvalue weighted by Gasteiger charge is 2.38. The van der Waals surface area contributed by atoms with E-state index >= 15 is 0 Å². The van der Waals surface area contributed by atoms with Crippen molar-refractivity contribution in [3.05, 3.63) is 47.8 Å². The van der Waals surface area contributed by atoms with Gasteiger partial charge in [0, 0.05) is 25.3 Å². The lowest BCUT2D eigenvalue weighted by atomic mass is 9.83. The molecule has 1 aliphatic heterocycles. The molecule has 0 amide bonds. The maximum atomic E-state index is 11.9. The molecule has 1 saturated heterocycles. The third kappa shape index (κ3) is 5.30. The zero-order chi connectivity index (χ0) is 22.0. The number of nitrogens with zero attached hydrogens (tertiary/aromatic N) is 3. The van der Waals surface area contributed by atoms with Crippen molar-refractivity contribution in [3.63, 3.8) is 0 Å². The van der Waals surface area contributed by atoms with Crippen LogP contribution in [0.5, 0.6) is 0 Å². The third-order valence-electron chi connectivity index (χ3n) is 6.81. The number of aryl methyl sites for hydroxylation is 1. The second-order valence-electron chi connectivity index (χ2n) is 9.02. The van der Waals surface area contributed by atoms with Crippen LogP contribution < -0.4 is 9.62 Å². The average molecular weight is 447 g/mol. The van der Waals surface area contributed by atoms with E-state index in [1.54, 1.807) is 0 Å². The summed E-state index contributed by atoms with van der Waals surface area (Å²) in [5.74, 6) is 1.48. The predicted octanol–water partition coefficient (Wildman–Crippen LogP) is 2.97. The molecule has 8 heteroatoms. The van der Waals surface area contributed by atoms with Gasteiger partial charge in [0.1, 0.15) is 0 Å². The van der Waals surface area contributed by atoms with Gasteiger partial charge in [-0.05, 0) is 50.5 Å². The molecule has 0 radical (unpaired) electrons. The van der Waals surface area contributed by atoms with Gasteiger partial charge < -0.3 is 14.2 Å². The number of aromatic nitrogens is 2. The first-order valence-electron chi connectivity index (χ1n) is 11.2. The van der Waals surface area contributed by atoms with E-state index in [2.05, 4.69) is 49.5 Å². The number of hydrogen-bond acceptors (Lipinski definition) is 5. The van der Waals surface area contributed by atoms with E-state index in [-0.39, 0.29) is 18.2 Å². The zero-order valence-electron chi connectivity index (χ0n) is 18.7. The lowest BCUT2D eigenvalue weighted by Gasteiger charge is -2.33. The molecule has 0 spiro atoms. The van der Waals surface area contributed by atoms with Crippen LogP contribution in [0.2, 0.25) is 0 Å². The molecule has 1 saturated carbocycles. The molecule has 2 heterocycles. The molecule has 1 aliphatic carbocycles. The van der Waals surface area contributed by atoms with Crippen LogP contribution in [0.1, 0.15) is 49.3 Å².